The fourth-order valence-electron chi connectivity index (χ4n) is 4.29. The average Bonchev–Trinajstić information content (AvgIpc) is 2.99. The molecular weight excluding hydrogens is 492 g/mol. The van der Waals surface area contributed by atoms with Gasteiger partial charge in [0.05, 0.1) is 11.4 Å². The monoisotopic (exact) mass is 538 g/mol. The third kappa shape index (κ3) is 7.16. The van der Waals surface area contributed by atoms with Crippen LogP contribution >= 0.6 is 10.0 Å². The van der Waals surface area contributed by atoms with Gasteiger partial charge in [-0.3, -0.25) is 0 Å². The molecule has 0 heterocycles. The highest BCUT2D eigenvalue weighted by atomic mass is 32.3. The number of rotatable bonds is 6. The molecule has 0 radical (unpaired) electrons. The van der Waals surface area contributed by atoms with Crippen molar-refractivity contribution < 1.29 is 0 Å². The normalized spacial score (nSPS) is 11.3. The van der Waals surface area contributed by atoms with Gasteiger partial charge in [-0.05, 0) is 87.2 Å². The van der Waals surface area contributed by atoms with E-state index < -0.39 is 10.0 Å². The molecule has 0 atom stereocenters. The Hall–Kier alpha value is -3.43. The Morgan fingerprint density at radius 2 is 1.05 bits per heavy atom. The van der Waals surface area contributed by atoms with Crippen LogP contribution in [0.5, 0.6) is 0 Å². The molecule has 0 amide bonds. The fourth-order valence-corrected chi connectivity index (χ4v) is 5.49. The molecule has 5 aromatic rings. The minimum atomic E-state index is -0.887. The van der Waals surface area contributed by atoms with Gasteiger partial charge in [-0.25, -0.2) is 10.0 Å². The lowest BCUT2D eigenvalue weighted by atomic mass is 10.1. The van der Waals surface area contributed by atoms with E-state index in [4.69, 9.17) is 5.73 Å². The average molecular weight is 539 g/mol. The number of nitrogen functional groups attached to an aromatic ring is 1. The molecule has 5 aromatic carbocycles. The molecule has 0 saturated carbocycles. The van der Waals surface area contributed by atoms with Crippen LogP contribution in [0.2, 0.25) is 0 Å². The molecule has 0 aliphatic heterocycles. The maximum Gasteiger partial charge on any atom is 0.0701 e. The predicted molar refractivity (Wildman–Crippen MR) is 181 cm³/mol. The first kappa shape index (κ1) is 30.1. The molecule has 2 nitrogen and oxygen atoms in total. The Balaban J connectivity index is 0.000000644. The number of anilines is 4. The smallest absolute Gasteiger partial charge is 0.0701 e. The van der Waals surface area contributed by atoms with Gasteiger partial charge in [-0.15, -0.1) is 0 Å². The van der Waals surface area contributed by atoms with Gasteiger partial charge in [-0.1, -0.05) is 108 Å². The number of nitrogens with two attached hydrogens (primary N) is 1. The summed E-state index contributed by atoms with van der Waals surface area (Å²) < 4.78 is 0. The van der Waals surface area contributed by atoms with Crippen LogP contribution in [0.4, 0.5) is 22.7 Å². The highest BCUT2D eigenvalue weighted by Crippen LogP contribution is 2.51. The zero-order valence-electron chi connectivity index (χ0n) is 24.9. The van der Waals surface area contributed by atoms with Crippen LogP contribution in [-0.2, 0) is 0 Å². The predicted octanol–water partition coefficient (Wildman–Crippen LogP) is 11.3. The summed E-state index contributed by atoms with van der Waals surface area (Å²) in [6.07, 6.45) is 7.39. The molecule has 0 aliphatic carbocycles. The van der Waals surface area contributed by atoms with E-state index in [9.17, 15) is 0 Å². The van der Waals surface area contributed by atoms with E-state index in [0.717, 1.165) is 28.5 Å². The van der Waals surface area contributed by atoms with Crippen molar-refractivity contribution in [1.82, 2.24) is 0 Å². The molecule has 0 fully saturated rings. The zero-order chi connectivity index (χ0) is 28.4. The molecular formula is C36H46N2S. The molecule has 39 heavy (non-hydrogen) atoms. The SMILES string of the molecule is CC.CCCC.CCS(C)(C)c1ccc(N)c(N(c2ccc3ccccc3c2)c2ccc3ccccc3c2)c1. The highest BCUT2D eigenvalue weighted by molar-refractivity contribution is 8.32. The third-order valence-corrected chi connectivity index (χ3v) is 10.1. The largest absolute Gasteiger partial charge is 0.397 e. The lowest BCUT2D eigenvalue weighted by Gasteiger charge is -2.33. The molecule has 2 N–H and O–H groups in total. The van der Waals surface area contributed by atoms with E-state index in [1.807, 2.05) is 13.8 Å². The van der Waals surface area contributed by atoms with Crippen molar-refractivity contribution in [3.63, 3.8) is 0 Å². The van der Waals surface area contributed by atoms with E-state index in [0.29, 0.717) is 0 Å². The van der Waals surface area contributed by atoms with Crippen LogP contribution in [0.3, 0.4) is 0 Å². The van der Waals surface area contributed by atoms with Gasteiger partial charge in [0, 0.05) is 11.4 Å². The van der Waals surface area contributed by atoms with E-state index >= 15 is 0 Å². The lowest BCUT2D eigenvalue weighted by molar-refractivity contribution is 0.886. The Bertz CT molecular complexity index is 1410. The number of fused-ring (bicyclic) bond motifs is 2. The van der Waals surface area contributed by atoms with Crippen molar-refractivity contribution in [1.29, 1.82) is 0 Å². The van der Waals surface area contributed by atoms with E-state index in [-0.39, 0.29) is 0 Å². The van der Waals surface area contributed by atoms with Crippen molar-refractivity contribution in [3.8, 4) is 0 Å². The van der Waals surface area contributed by atoms with Crippen LogP contribution < -0.4 is 10.6 Å². The maximum atomic E-state index is 6.64. The van der Waals surface area contributed by atoms with Crippen LogP contribution in [0, 0.1) is 0 Å². The molecule has 5 rings (SSSR count). The van der Waals surface area contributed by atoms with Gasteiger partial charge >= 0.3 is 0 Å². The van der Waals surface area contributed by atoms with E-state index in [1.165, 1.54) is 39.3 Å². The summed E-state index contributed by atoms with van der Waals surface area (Å²) in [4.78, 5) is 3.68. The summed E-state index contributed by atoms with van der Waals surface area (Å²) in [5.74, 6) is 1.14. The Kier molecular flexibility index (Phi) is 10.9. The van der Waals surface area contributed by atoms with Gasteiger partial charge < -0.3 is 10.6 Å². The van der Waals surface area contributed by atoms with Crippen molar-refractivity contribution in [2.24, 2.45) is 0 Å². The van der Waals surface area contributed by atoms with Crippen molar-refractivity contribution in [3.05, 3.63) is 103 Å². The Morgan fingerprint density at radius 1 is 0.590 bits per heavy atom. The summed E-state index contributed by atoms with van der Waals surface area (Å²) >= 11 is 0. The minimum absolute atomic E-state index is 0.784. The molecule has 206 valence electrons. The second-order valence-corrected chi connectivity index (χ2v) is 14.1. The summed E-state index contributed by atoms with van der Waals surface area (Å²) in [6, 6.07) is 36.9. The Morgan fingerprint density at radius 3 is 1.49 bits per heavy atom. The van der Waals surface area contributed by atoms with Crippen molar-refractivity contribution >= 4 is 54.3 Å². The quantitative estimate of drug-likeness (QED) is 0.218. The van der Waals surface area contributed by atoms with Gasteiger partial charge in [0.25, 0.3) is 0 Å². The topological polar surface area (TPSA) is 29.3 Å². The second kappa shape index (κ2) is 14.1. The van der Waals surface area contributed by atoms with Crippen LogP contribution in [0.1, 0.15) is 47.5 Å². The second-order valence-electron chi connectivity index (χ2n) is 9.95. The standard InChI is InChI=1S/C30H30N2S.C4H10.C2H6/c1-4-33(2,3)28-17-18-29(31)30(21-28)32(26-15-13-22-9-5-7-11-24(22)19-26)27-16-14-23-10-6-8-12-25(23)20-27;1-3-4-2;1-2/h5-21H,4,31H2,1-3H3;3-4H2,1-2H3;1-2H3. The summed E-state index contributed by atoms with van der Waals surface area (Å²) in [5, 5.41) is 4.90. The first-order valence-electron chi connectivity index (χ1n) is 14.3. The molecule has 3 heteroatoms. The fraction of sp³-hybridized carbons (Fsp3) is 0.278. The highest BCUT2D eigenvalue weighted by Gasteiger charge is 2.20. The first-order chi connectivity index (χ1) is 18.9. The van der Waals surface area contributed by atoms with Crippen molar-refractivity contribution in [2.45, 2.75) is 52.4 Å². The molecule has 0 bridgehead atoms. The van der Waals surface area contributed by atoms with Gasteiger partial charge in [-0.2, -0.15) is 0 Å². The molecule has 0 unspecified atom stereocenters. The summed E-state index contributed by atoms with van der Waals surface area (Å²) in [6.45, 7) is 10.6. The Labute approximate surface area is 238 Å². The number of nitrogens with zero attached hydrogens (tertiary/aromatic N) is 1. The summed E-state index contributed by atoms with van der Waals surface area (Å²) in [5.41, 5.74) is 10.7. The lowest BCUT2D eigenvalue weighted by Crippen LogP contribution is -2.13. The van der Waals surface area contributed by atoms with Gasteiger partial charge in [0.15, 0.2) is 0 Å². The summed E-state index contributed by atoms with van der Waals surface area (Å²) in [7, 11) is -0.887. The van der Waals surface area contributed by atoms with Gasteiger partial charge in [0.2, 0.25) is 0 Å². The number of hydrogen-bond donors (Lipinski definition) is 1. The molecule has 0 aromatic heterocycles. The van der Waals surface area contributed by atoms with Gasteiger partial charge in [0.1, 0.15) is 0 Å². The van der Waals surface area contributed by atoms with Crippen molar-refractivity contribution in [2.75, 3.05) is 28.9 Å². The third-order valence-electron chi connectivity index (χ3n) is 7.09. The number of hydrogen-bond acceptors (Lipinski definition) is 2. The number of benzene rings is 5. The van der Waals surface area contributed by atoms with Crippen LogP contribution in [0.25, 0.3) is 21.5 Å². The molecule has 0 aliphatic rings. The maximum absolute atomic E-state index is 6.64. The van der Waals surface area contributed by atoms with Crippen LogP contribution in [0.15, 0.2) is 108 Å². The zero-order valence-corrected chi connectivity index (χ0v) is 25.7. The number of unbranched alkanes of at least 4 members (excludes halogenated alkanes) is 1. The first-order valence-corrected chi connectivity index (χ1v) is 16.9. The van der Waals surface area contributed by atoms with E-state index in [1.54, 1.807) is 0 Å². The minimum Gasteiger partial charge on any atom is -0.397 e. The molecule has 0 saturated heterocycles. The molecule has 0 spiro atoms. The van der Waals surface area contributed by atoms with Crippen LogP contribution in [-0.4, -0.2) is 18.3 Å². The van der Waals surface area contributed by atoms with E-state index in [2.05, 4.69) is 141 Å².